The van der Waals surface area contributed by atoms with Crippen molar-refractivity contribution < 1.29 is 19.8 Å². The maximum absolute atomic E-state index is 11.6. The zero-order valence-electron chi connectivity index (χ0n) is 10.1. The van der Waals surface area contributed by atoms with Crippen molar-refractivity contribution in [2.45, 2.75) is 13.3 Å². The van der Waals surface area contributed by atoms with Gasteiger partial charge in [0.05, 0.1) is 5.56 Å². The molecule has 4 N–H and O–H groups in total. The molecule has 0 aliphatic carbocycles. The van der Waals surface area contributed by atoms with Crippen LogP contribution < -0.4 is 10.6 Å². The van der Waals surface area contributed by atoms with Crippen molar-refractivity contribution in [1.82, 2.24) is 10.6 Å². The van der Waals surface area contributed by atoms with Crippen LogP contribution in [0.25, 0.3) is 0 Å². The summed E-state index contributed by atoms with van der Waals surface area (Å²) in [7, 11) is 0. The van der Waals surface area contributed by atoms with Crippen molar-refractivity contribution >= 4 is 11.8 Å². The summed E-state index contributed by atoms with van der Waals surface area (Å²) < 4.78 is 0. The van der Waals surface area contributed by atoms with Gasteiger partial charge in [-0.15, -0.1) is 0 Å². The van der Waals surface area contributed by atoms with Crippen LogP contribution in [-0.4, -0.2) is 35.1 Å². The Morgan fingerprint density at radius 2 is 1.94 bits per heavy atom. The Balaban J connectivity index is 2.50. The predicted octanol–water partition coefficient (Wildman–Crippen LogP) is 0.354. The van der Waals surface area contributed by atoms with E-state index in [4.69, 9.17) is 0 Å². The molecule has 0 saturated carbocycles. The van der Waals surface area contributed by atoms with Gasteiger partial charge in [-0.2, -0.15) is 0 Å². The molecule has 0 spiro atoms. The number of phenols is 2. The van der Waals surface area contributed by atoms with Crippen LogP contribution in [0.15, 0.2) is 18.2 Å². The minimum Gasteiger partial charge on any atom is -0.508 e. The van der Waals surface area contributed by atoms with E-state index in [-0.39, 0.29) is 35.9 Å². The average molecular weight is 252 g/mol. The molecule has 98 valence electrons. The Bertz CT molecular complexity index is 446. The number of carbonyl (C=O) groups excluding carboxylic acids is 2. The van der Waals surface area contributed by atoms with E-state index >= 15 is 0 Å². The highest BCUT2D eigenvalue weighted by Gasteiger charge is 2.11. The molecule has 0 heterocycles. The molecule has 1 rings (SSSR count). The van der Waals surface area contributed by atoms with Crippen LogP contribution in [0.3, 0.4) is 0 Å². The minimum absolute atomic E-state index is 0.0223. The lowest BCUT2D eigenvalue weighted by Crippen LogP contribution is -2.30. The molecule has 6 nitrogen and oxygen atoms in total. The highest BCUT2D eigenvalue weighted by Crippen LogP contribution is 2.21. The van der Waals surface area contributed by atoms with E-state index in [1.165, 1.54) is 12.1 Å². The predicted molar refractivity (Wildman–Crippen MR) is 65.4 cm³/mol. The van der Waals surface area contributed by atoms with Gasteiger partial charge in [-0.3, -0.25) is 9.59 Å². The van der Waals surface area contributed by atoms with E-state index in [9.17, 15) is 19.8 Å². The SMILES string of the molecule is CCNC(=O)CCNC(=O)c1cc(O)ccc1O. The summed E-state index contributed by atoms with van der Waals surface area (Å²) in [6.45, 7) is 2.52. The quantitative estimate of drug-likeness (QED) is 0.568. The van der Waals surface area contributed by atoms with Crippen molar-refractivity contribution in [3.05, 3.63) is 23.8 Å². The third-order valence-electron chi connectivity index (χ3n) is 2.24. The zero-order chi connectivity index (χ0) is 13.5. The first-order chi connectivity index (χ1) is 8.54. The average Bonchev–Trinajstić information content (AvgIpc) is 2.32. The van der Waals surface area contributed by atoms with Crippen LogP contribution in [0.4, 0.5) is 0 Å². The maximum atomic E-state index is 11.6. The van der Waals surface area contributed by atoms with Crippen LogP contribution in [-0.2, 0) is 4.79 Å². The van der Waals surface area contributed by atoms with Crippen molar-refractivity contribution in [3.8, 4) is 11.5 Å². The molecule has 0 aromatic heterocycles. The first-order valence-corrected chi connectivity index (χ1v) is 5.61. The molecule has 2 amide bonds. The highest BCUT2D eigenvalue weighted by molar-refractivity contribution is 5.97. The first-order valence-electron chi connectivity index (χ1n) is 5.61. The van der Waals surface area contributed by atoms with E-state index in [0.29, 0.717) is 6.54 Å². The van der Waals surface area contributed by atoms with E-state index in [2.05, 4.69) is 10.6 Å². The molecule has 0 fully saturated rings. The van der Waals surface area contributed by atoms with Crippen molar-refractivity contribution in [2.24, 2.45) is 0 Å². The Hall–Kier alpha value is -2.24. The normalized spacial score (nSPS) is 9.83. The summed E-state index contributed by atoms with van der Waals surface area (Å²) in [5, 5.41) is 23.7. The van der Waals surface area contributed by atoms with Gasteiger partial charge in [0.2, 0.25) is 5.91 Å². The summed E-state index contributed by atoms with van der Waals surface area (Å²) >= 11 is 0. The summed E-state index contributed by atoms with van der Waals surface area (Å²) in [4.78, 5) is 22.8. The van der Waals surface area contributed by atoms with Crippen molar-refractivity contribution in [1.29, 1.82) is 0 Å². The molecular weight excluding hydrogens is 236 g/mol. The third-order valence-corrected chi connectivity index (χ3v) is 2.24. The number of benzene rings is 1. The lowest BCUT2D eigenvalue weighted by atomic mass is 10.1. The van der Waals surface area contributed by atoms with Gasteiger partial charge < -0.3 is 20.8 Å². The molecule has 0 radical (unpaired) electrons. The van der Waals surface area contributed by atoms with E-state index in [1.807, 2.05) is 0 Å². The number of carbonyl (C=O) groups is 2. The molecule has 6 heteroatoms. The van der Waals surface area contributed by atoms with Gasteiger partial charge in [0, 0.05) is 19.5 Å². The zero-order valence-corrected chi connectivity index (χ0v) is 10.1. The highest BCUT2D eigenvalue weighted by atomic mass is 16.3. The molecule has 0 bridgehead atoms. The fourth-order valence-corrected chi connectivity index (χ4v) is 1.38. The Labute approximate surface area is 105 Å². The Morgan fingerprint density at radius 3 is 2.61 bits per heavy atom. The van der Waals surface area contributed by atoms with Crippen LogP contribution in [0, 0.1) is 0 Å². The molecule has 18 heavy (non-hydrogen) atoms. The third kappa shape index (κ3) is 3.97. The largest absolute Gasteiger partial charge is 0.508 e. The topological polar surface area (TPSA) is 98.7 Å². The standard InChI is InChI=1S/C12H16N2O4/c1-2-13-11(17)5-6-14-12(18)9-7-8(15)3-4-10(9)16/h3-4,7,15-16H,2,5-6H2,1H3,(H,13,17)(H,14,18). The minimum atomic E-state index is -0.535. The number of hydrogen-bond acceptors (Lipinski definition) is 4. The van der Waals surface area contributed by atoms with Crippen LogP contribution in [0.1, 0.15) is 23.7 Å². The molecular formula is C12H16N2O4. The maximum Gasteiger partial charge on any atom is 0.255 e. The summed E-state index contributed by atoms with van der Waals surface area (Å²) in [5.74, 6) is -1.02. The van der Waals surface area contributed by atoms with Gasteiger partial charge in [-0.1, -0.05) is 0 Å². The van der Waals surface area contributed by atoms with Crippen LogP contribution in [0.2, 0.25) is 0 Å². The second-order valence-corrected chi connectivity index (χ2v) is 3.66. The molecule has 0 aliphatic heterocycles. The number of hydrogen-bond donors (Lipinski definition) is 4. The Morgan fingerprint density at radius 1 is 1.22 bits per heavy atom. The van der Waals surface area contributed by atoms with Crippen molar-refractivity contribution in [2.75, 3.05) is 13.1 Å². The molecule has 0 aliphatic rings. The molecule has 1 aromatic carbocycles. The molecule has 0 atom stereocenters. The van der Waals surface area contributed by atoms with Crippen molar-refractivity contribution in [3.63, 3.8) is 0 Å². The van der Waals surface area contributed by atoms with E-state index in [0.717, 1.165) is 6.07 Å². The van der Waals surface area contributed by atoms with Gasteiger partial charge in [-0.25, -0.2) is 0 Å². The van der Waals surface area contributed by atoms with Gasteiger partial charge in [0.25, 0.3) is 5.91 Å². The number of rotatable bonds is 5. The van der Waals surface area contributed by atoms with Gasteiger partial charge in [-0.05, 0) is 25.1 Å². The van der Waals surface area contributed by atoms with E-state index < -0.39 is 5.91 Å². The molecule has 1 aromatic rings. The molecule has 0 unspecified atom stereocenters. The van der Waals surface area contributed by atoms with Crippen LogP contribution >= 0.6 is 0 Å². The second-order valence-electron chi connectivity index (χ2n) is 3.66. The van der Waals surface area contributed by atoms with Gasteiger partial charge in [0.1, 0.15) is 11.5 Å². The summed E-state index contributed by atoms with van der Waals surface area (Å²) in [6, 6.07) is 3.67. The fourth-order valence-electron chi connectivity index (χ4n) is 1.38. The number of aromatic hydroxyl groups is 2. The summed E-state index contributed by atoms with van der Waals surface area (Å²) in [6.07, 6.45) is 0.166. The van der Waals surface area contributed by atoms with Crippen LogP contribution in [0.5, 0.6) is 11.5 Å². The first kappa shape index (κ1) is 13.8. The lowest BCUT2D eigenvalue weighted by Gasteiger charge is -2.07. The molecule has 0 saturated heterocycles. The number of amides is 2. The second kappa shape index (κ2) is 6.48. The monoisotopic (exact) mass is 252 g/mol. The smallest absolute Gasteiger partial charge is 0.255 e. The number of nitrogens with one attached hydrogen (secondary N) is 2. The van der Waals surface area contributed by atoms with E-state index in [1.54, 1.807) is 6.92 Å². The fraction of sp³-hybridized carbons (Fsp3) is 0.333. The number of phenolic OH excluding ortho intramolecular Hbond substituents is 2. The van der Waals surface area contributed by atoms with Gasteiger partial charge in [0.15, 0.2) is 0 Å². The summed E-state index contributed by atoms with van der Waals surface area (Å²) in [5.41, 5.74) is -0.0223. The lowest BCUT2D eigenvalue weighted by molar-refractivity contribution is -0.120. The Kier molecular flexibility index (Phi) is 4.98. The van der Waals surface area contributed by atoms with Gasteiger partial charge >= 0.3 is 0 Å².